The van der Waals surface area contributed by atoms with Gasteiger partial charge in [0, 0.05) is 17.3 Å². The topological polar surface area (TPSA) is 56.8 Å². The van der Waals surface area contributed by atoms with Crippen molar-refractivity contribution in [2.45, 2.75) is 18.5 Å². The standard InChI is InChI=1S/C18H15F6NO4/c1-27-13-7-6-10(8-14(13)28-2)15(26)25-11-4-3-5-12(9-11)29-18(23,24)16(19)17(20,21)22/h3-9,16H,1-2H3,(H,25,26). The monoisotopic (exact) mass is 423 g/mol. The van der Waals surface area contributed by atoms with E-state index in [1.54, 1.807) is 0 Å². The largest absolute Gasteiger partial charge is 0.493 e. The van der Waals surface area contributed by atoms with Gasteiger partial charge < -0.3 is 19.5 Å². The molecule has 0 saturated heterocycles. The first-order valence-corrected chi connectivity index (χ1v) is 7.89. The quantitative estimate of drug-likeness (QED) is 0.649. The van der Waals surface area contributed by atoms with E-state index in [-0.39, 0.29) is 17.0 Å². The number of ether oxygens (including phenoxy) is 3. The van der Waals surface area contributed by atoms with E-state index >= 15 is 0 Å². The number of hydrogen-bond donors (Lipinski definition) is 1. The van der Waals surface area contributed by atoms with Crippen LogP contribution in [0, 0.1) is 0 Å². The van der Waals surface area contributed by atoms with Crippen LogP contribution in [0.2, 0.25) is 0 Å². The zero-order valence-corrected chi connectivity index (χ0v) is 15.0. The molecule has 29 heavy (non-hydrogen) atoms. The fourth-order valence-electron chi connectivity index (χ4n) is 2.22. The molecule has 0 aromatic heterocycles. The lowest BCUT2D eigenvalue weighted by atomic mass is 10.2. The Kier molecular flexibility index (Phi) is 6.50. The van der Waals surface area contributed by atoms with Gasteiger partial charge in [0.1, 0.15) is 5.75 Å². The van der Waals surface area contributed by atoms with Gasteiger partial charge in [-0.1, -0.05) is 6.07 Å². The van der Waals surface area contributed by atoms with E-state index < -0.39 is 30.1 Å². The number of benzene rings is 2. The van der Waals surface area contributed by atoms with Crippen LogP contribution in [0.3, 0.4) is 0 Å². The van der Waals surface area contributed by atoms with Crippen molar-refractivity contribution in [2.24, 2.45) is 0 Å². The van der Waals surface area contributed by atoms with Gasteiger partial charge in [-0.3, -0.25) is 4.79 Å². The van der Waals surface area contributed by atoms with E-state index in [2.05, 4.69) is 10.1 Å². The highest BCUT2D eigenvalue weighted by molar-refractivity contribution is 6.04. The molecule has 1 atom stereocenters. The van der Waals surface area contributed by atoms with Crippen molar-refractivity contribution in [1.29, 1.82) is 0 Å². The minimum Gasteiger partial charge on any atom is -0.493 e. The summed E-state index contributed by atoms with van der Waals surface area (Å²) in [7, 11) is 2.76. The second kappa shape index (κ2) is 8.50. The number of amides is 1. The molecular formula is C18H15F6NO4. The Morgan fingerprint density at radius 1 is 0.966 bits per heavy atom. The molecule has 0 spiro atoms. The molecule has 2 rings (SSSR count). The van der Waals surface area contributed by atoms with Crippen molar-refractivity contribution in [1.82, 2.24) is 0 Å². The summed E-state index contributed by atoms with van der Waals surface area (Å²) in [5.74, 6) is -0.814. The molecule has 1 amide bonds. The fourth-order valence-corrected chi connectivity index (χ4v) is 2.22. The maximum Gasteiger partial charge on any atom is 0.439 e. The number of alkyl halides is 6. The first-order chi connectivity index (χ1) is 13.5. The Labute approximate surface area is 161 Å². The van der Waals surface area contributed by atoms with Crippen molar-refractivity contribution >= 4 is 11.6 Å². The van der Waals surface area contributed by atoms with Crippen LogP contribution in [0.25, 0.3) is 0 Å². The Bertz CT molecular complexity index is 872. The van der Waals surface area contributed by atoms with Gasteiger partial charge in [0.25, 0.3) is 12.1 Å². The summed E-state index contributed by atoms with van der Waals surface area (Å²) >= 11 is 0. The molecule has 0 heterocycles. The predicted molar refractivity (Wildman–Crippen MR) is 90.5 cm³/mol. The highest BCUT2D eigenvalue weighted by Gasteiger charge is 2.59. The summed E-state index contributed by atoms with van der Waals surface area (Å²) in [6, 6.07) is 8.36. The highest BCUT2D eigenvalue weighted by atomic mass is 19.4. The molecule has 11 heteroatoms. The van der Waals surface area contributed by atoms with Crippen molar-refractivity contribution in [3.05, 3.63) is 48.0 Å². The van der Waals surface area contributed by atoms with Crippen molar-refractivity contribution < 1.29 is 45.3 Å². The van der Waals surface area contributed by atoms with Gasteiger partial charge in [-0.05, 0) is 30.3 Å². The Hall–Kier alpha value is -3.11. The molecule has 0 aliphatic carbocycles. The van der Waals surface area contributed by atoms with Crippen LogP contribution in [-0.2, 0) is 0 Å². The lowest BCUT2D eigenvalue weighted by Crippen LogP contribution is -2.45. The molecule has 0 aliphatic rings. The molecule has 2 aromatic carbocycles. The number of hydrogen-bond acceptors (Lipinski definition) is 4. The van der Waals surface area contributed by atoms with Gasteiger partial charge in [0.15, 0.2) is 11.5 Å². The summed E-state index contributed by atoms with van der Waals surface area (Å²) in [4.78, 5) is 12.3. The number of anilines is 1. The molecule has 2 aromatic rings. The van der Waals surface area contributed by atoms with Crippen LogP contribution in [0.15, 0.2) is 42.5 Å². The molecule has 0 saturated carbocycles. The second-order valence-electron chi connectivity index (χ2n) is 5.62. The average Bonchev–Trinajstić information content (AvgIpc) is 2.65. The van der Waals surface area contributed by atoms with Crippen LogP contribution < -0.4 is 19.5 Å². The fraction of sp³-hybridized carbons (Fsp3) is 0.278. The lowest BCUT2D eigenvalue weighted by Gasteiger charge is -2.23. The van der Waals surface area contributed by atoms with Gasteiger partial charge in [-0.15, -0.1) is 0 Å². The number of carbonyl (C=O) groups is 1. The molecular weight excluding hydrogens is 408 g/mol. The van der Waals surface area contributed by atoms with Crippen molar-refractivity contribution in [3.8, 4) is 17.2 Å². The minimum atomic E-state index is -5.80. The predicted octanol–water partition coefficient (Wildman–Crippen LogP) is 4.83. The van der Waals surface area contributed by atoms with E-state index in [9.17, 15) is 31.1 Å². The van der Waals surface area contributed by atoms with Crippen LogP contribution in [-0.4, -0.2) is 38.6 Å². The zero-order chi connectivity index (χ0) is 21.8. The zero-order valence-electron chi connectivity index (χ0n) is 15.0. The first-order valence-electron chi connectivity index (χ1n) is 7.89. The van der Waals surface area contributed by atoms with Gasteiger partial charge in [0.05, 0.1) is 14.2 Å². The molecule has 5 nitrogen and oxygen atoms in total. The SMILES string of the molecule is COc1ccc(C(=O)Nc2cccc(OC(F)(F)C(F)C(F)(F)F)c2)cc1OC. The normalized spacial score (nSPS) is 12.8. The number of halogens is 6. The summed E-state index contributed by atoms with van der Waals surface area (Å²) in [5, 5.41) is 2.36. The summed E-state index contributed by atoms with van der Waals surface area (Å²) in [5.41, 5.74) is 0.0562. The maximum absolute atomic E-state index is 13.4. The molecule has 0 radical (unpaired) electrons. The lowest BCUT2D eigenvalue weighted by molar-refractivity contribution is -0.304. The third kappa shape index (κ3) is 5.46. The third-order valence-electron chi connectivity index (χ3n) is 3.57. The van der Waals surface area contributed by atoms with E-state index in [1.807, 2.05) is 0 Å². The van der Waals surface area contributed by atoms with Crippen molar-refractivity contribution in [3.63, 3.8) is 0 Å². The van der Waals surface area contributed by atoms with Gasteiger partial charge in [0.2, 0.25) is 0 Å². The molecule has 0 aliphatic heterocycles. The van der Waals surface area contributed by atoms with Crippen LogP contribution in [0.1, 0.15) is 10.4 Å². The molecule has 0 fully saturated rings. The van der Waals surface area contributed by atoms with Crippen molar-refractivity contribution in [2.75, 3.05) is 19.5 Å². The Balaban J connectivity index is 2.17. The minimum absolute atomic E-state index is 0.0690. The van der Waals surface area contributed by atoms with Crippen LogP contribution in [0.5, 0.6) is 17.2 Å². The molecule has 158 valence electrons. The second-order valence-corrected chi connectivity index (χ2v) is 5.62. The molecule has 0 bridgehead atoms. The third-order valence-corrected chi connectivity index (χ3v) is 3.57. The smallest absolute Gasteiger partial charge is 0.439 e. The molecule has 1 unspecified atom stereocenters. The van der Waals surface area contributed by atoms with E-state index in [1.165, 1.54) is 38.5 Å². The number of nitrogens with one attached hydrogen (secondary N) is 1. The summed E-state index contributed by atoms with van der Waals surface area (Å²) in [6.07, 6.45) is -15.5. The highest BCUT2D eigenvalue weighted by Crippen LogP contribution is 2.37. The maximum atomic E-state index is 13.4. The Morgan fingerprint density at radius 3 is 2.21 bits per heavy atom. The van der Waals surface area contributed by atoms with Gasteiger partial charge in [-0.2, -0.15) is 22.0 Å². The Morgan fingerprint density at radius 2 is 1.62 bits per heavy atom. The van der Waals surface area contributed by atoms with E-state index in [0.717, 1.165) is 18.2 Å². The van der Waals surface area contributed by atoms with Crippen LogP contribution in [0.4, 0.5) is 32.0 Å². The van der Waals surface area contributed by atoms with Gasteiger partial charge in [-0.25, -0.2) is 4.39 Å². The van der Waals surface area contributed by atoms with E-state index in [0.29, 0.717) is 5.75 Å². The summed E-state index contributed by atoms with van der Waals surface area (Å²) in [6.45, 7) is 0. The van der Waals surface area contributed by atoms with Gasteiger partial charge >= 0.3 is 12.3 Å². The number of rotatable bonds is 7. The number of methoxy groups -OCH3 is 2. The number of carbonyl (C=O) groups excluding carboxylic acids is 1. The average molecular weight is 423 g/mol. The molecule has 1 N–H and O–H groups in total. The van der Waals surface area contributed by atoms with E-state index in [4.69, 9.17) is 9.47 Å². The first kappa shape index (κ1) is 22.2. The van der Waals surface area contributed by atoms with Crippen LogP contribution >= 0.6 is 0 Å². The summed E-state index contributed by atoms with van der Waals surface area (Å²) < 4.78 is 90.3.